The van der Waals surface area contributed by atoms with Gasteiger partial charge in [-0.05, 0) is 78.2 Å². The Morgan fingerprint density at radius 3 is 2.44 bits per heavy atom. The predicted molar refractivity (Wildman–Crippen MR) is 148 cm³/mol. The molecule has 0 bridgehead atoms. The highest BCUT2D eigenvalue weighted by molar-refractivity contribution is 9.10. The minimum atomic E-state index is -0.391. The molecule has 1 aliphatic heterocycles. The highest BCUT2D eigenvalue weighted by atomic mass is 79.9. The van der Waals surface area contributed by atoms with Crippen molar-refractivity contribution in [3.8, 4) is 5.75 Å². The summed E-state index contributed by atoms with van der Waals surface area (Å²) < 4.78 is 21.3. The Balaban J connectivity index is 1.35. The molecule has 7 heteroatoms. The van der Waals surface area contributed by atoms with Gasteiger partial charge in [-0.25, -0.2) is 9.38 Å². The average molecular weight is 566 g/mol. The van der Waals surface area contributed by atoms with Crippen LogP contribution in [0.4, 0.5) is 10.1 Å². The number of amidine groups is 1. The third kappa shape index (κ3) is 5.90. The van der Waals surface area contributed by atoms with Crippen molar-refractivity contribution in [3.05, 3.63) is 99.1 Å². The lowest BCUT2D eigenvalue weighted by Crippen LogP contribution is -2.40. The molecule has 0 unspecified atom stereocenters. The van der Waals surface area contributed by atoms with Crippen LogP contribution in [0.3, 0.4) is 0 Å². The van der Waals surface area contributed by atoms with Gasteiger partial charge in [-0.15, -0.1) is 0 Å². The van der Waals surface area contributed by atoms with Crippen molar-refractivity contribution in [2.24, 2.45) is 4.99 Å². The van der Waals surface area contributed by atoms with Gasteiger partial charge < -0.3 is 4.74 Å². The molecule has 0 N–H and O–H groups in total. The lowest BCUT2D eigenvalue weighted by atomic mass is 9.94. The van der Waals surface area contributed by atoms with E-state index in [0.717, 1.165) is 47.0 Å². The monoisotopic (exact) mass is 564 g/mol. The molecule has 1 saturated heterocycles. The zero-order valence-corrected chi connectivity index (χ0v) is 22.1. The second kappa shape index (κ2) is 11.4. The van der Waals surface area contributed by atoms with Crippen LogP contribution in [-0.2, 0) is 11.4 Å². The lowest BCUT2D eigenvalue weighted by molar-refractivity contribution is -0.124. The van der Waals surface area contributed by atoms with Gasteiger partial charge in [0.2, 0.25) is 0 Å². The van der Waals surface area contributed by atoms with E-state index in [9.17, 15) is 9.18 Å². The third-order valence-corrected chi connectivity index (χ3v) is 7.85. The van der Waals surface area contributed by atoms with Gasteiger partial charge in [-0.2, -0.15) is 0 Å². The molecule has 1 aliphatic carbocycles. The number of thioether (sulfide) groups is 1. The number of halogens is 2. The number of rotatable bonds is 6. The minimum Gasteiger partial charge on any atom is -0.489 e. The molecule has 4 nitrogen and oxygen atoms in total. The molecule has 2 fully saturated rings. The fraction of sp³-hybridized carbons (Fsp3) is 0.241. The second-order valence-electron chi connectivity index (χ2n) is 8.91. The van der Waals surface area contributed by atoms with Gasteiger partial charge in [-0.1, -0.05) is 71.6 Å². The Labute approximate surface area is 223 Å². The molecule has 0 atom stereocenters. The number of ether oxygens (including phenoxy) is 1. The molecule has 3 aromatic carbocycles. The summed E-state index contributed by atoms with van der Waals surface area (Å²) in [7, 11) is 0. The number of para-hydroxylation sites is 1. The predicted octanol–water partition coefficient (Wildman–Crippen LogP) is 8.10. The number of amides is 1. The van der Waals surface area contributed by atoms with E-state index in [2.05, 4.69) is 20.9 Å². The fourth-order valence-corrected chi connectivity index (χ4v) is 5.75. The maximum atomic E-state index is 14.3. The molecule has 184 valence electrons. The van der Waals surface area contributed by atoms with E-state index in [1.54, 1.807) is 23.1 Å². The summed E-state index contributed by atoms with van der Waals surface area (Å²) in [5, 5.41) is 0.553. The first-order valence-electron chi connectivity index (χ1n) is 12.1. The van der Waals surface area contributed by atoms with Crippen molar-refractivity contribution in [1.82, 2.24) is 4.90 Å². The molecule has 0 aromatic heterocycles. The van der Waals surface area contributed by atoms with Crippen molar-refractivity contribution in [3.63, 3.8) is 0 Å². The van der Waals surface area contributed by atoms with Crippen molar-refractivity contribution in [2.75, 3.05) is 0 Å². The van der Waals surface area contributed by atoms with Gasteiger partial charge in [0.1, 0.15) is 23.9 Å². The van der Waals surface area contributed by atoms with Crippen molar-refractivity contribution >= 4 is 50.5 Å². The van der Waals surface area contributed by atoms with Gasteiger partial charge in [0.05, 0.1) is 4.91 Å². The number of carbonyl (C=O) groups excluding carboxylic acids is 1. The second-order valence-corrected chi connectivity index (χ2v) is 10.8. The largest absolute Gasteiger partial charge is 0.489 e. The van der Waals surface area contributed by atoms with Crippen LogP contribution in [0.25, 0.3) is 6.08 Å². The van der Waals surface area contributed by atoms with Crippen LogP contribution in [0.2, 0.25) is 0 Å². The average Bonchev–Trinajstić information content (AvgIpc) is 3.20. The van der Waals surface area contributed by atoms with E-state index in [0.29, 0.717) is 16.7 Å². The molecule has 3 aromatic rings. The Kier molecular flexibility index (Phi) is 7.87. The quantitative estimate of drug-likeness (QED) is 0.284. The lowest BCUT2D eigenvalue weighted by Gasteiger charge is -2.30. The Bertz CT molecular complexity index is 1290. The maximum absolute atomic E-state index is 14.3. The Hall–Kier alpha value is -2.90. The first-order chi connectivity index (χ1) is 17.6. The molecule has 1 saturated carbocycles. The summed E-state index contributed by atoms with van der Waals surface area (Å²) in [6.07, 6.45) is 7.13. The van der Waals surface area contributed by atoms with E-state index < -0.39 is 5.82 Å². The molecular weight excluding hydrogens is 539 g/mol. The van der Waals surface area contributed by atoms with Crippen LogP contribution in [0.1, 0.15) is 43.2 Å². The summed E-state index contributed by atoms with van der Waals surface area (Å²) in [6, 6.07) is 22.2. The standard InChI is InChI=1S/C29H26BrFN2O2S/c30-22-14-10-21(11-15-22)19-35-24-16-12-20(13-17-24)18-27-28(34)33(23-6-2-1-3-7-23)29(36-27)32-26-9-5-4-8-25(26)31/h4-5,8-18,23H,1-3,6-7,19H2/b27-18-,32-29?. The molecule has 5 rings (SSSR count). The van der Waals surface area contributed by atoms with Crippen LogP contribution in [-0.4, -0.2) is 22.0 Å². The zero-order valence-electron chi connectivity index (χ0n) is 19.7. The molecule has 0 spiro atoms. The van der Waals surface area contributed by atoms with Crippen molar-refractivity contribution in [1.29, 1.82) is 0 Å². The normalized spacial score (nSPS) is 18.8. The molecular formula is C29H26BrFN2O2S. The minimum absolute atomic E-state index is 0.0578. The Morgan fingerprint density at radius 2 is 1.72 bits per heavy atom. The van der Waals surface area contributed by atoms with Crippen LogP contribution in [0.15, 0.2) is 87.2 Å². The third-order valence-electron chi connectivity index (χ3n) is 6.34. The molecule has 1 heterocycles. The van der Waals surface area contributed by atoms with Gasteiger partial charge in [-0.3, -0.25) is 9.69 Å². The molecule has 0 radical (unpaired) electrons. The zero-order chi connectivity index (χ0) is 24.9. The highest BCUT2D eigenvalue weighted by Crippen LogP contribution is 2.39. The van der Waals surface area contributed by atoms with E-state index >= 15 is 0 Å². The number of benzene rings is 3. The number of nitrogens with zero attached hydrogens (tertiary/aromatic N) is 2. The number of hydrogen-bond acceptors (Lipinski definition) is 4. The first-order valence-corrected chi connectivity index (χ1v) is 13.7. The number of hydrogen-bond donors (Lipinski definition) is 0. The van der Waals surface area contributed by atoms with Crippen LogP contribution < -0.4 is 4.74 Å². The summed E-state index contributed by atoms with van der Waals surface area (Å²) in [5.74, 6) is 0.312. The van der Waals surface area contributed by atoms with E-state index in [1.807, 2.05) is 54.6 Å². The molecule has 2 aliphatic rings. The Morgan fingerprint density at radius 1 is 1.00 bits per heavy atom. The first kappa shape index (κ1) is 24.8. The fourth-order valence-electron chi connectivity index (χ4n) is 4.43. The smallest absolute Gasteiger partial charge is 0.267 e. The molecule has 1 amide bonds. The number of carbonyl (C=O) groups is 1. The number of aliphatic imine (C=N–C) groups is 1. The SMILES string of the molecule is O=C1/C(=C/c2ccc(OCc3ccc(Br)cc3)cc2)SC(=Nc2ccccc2F)N1C1CCCCC1. The van der Waals surface area contributed by atoms with Gasteiger partial charge >= 0.3 is 0 Å². The van der Waals surface area contributed by atoms with Crippen LogP contribution >= 0.6 is 27.7 Å². The van der Waals surface area contributed by atoms with Gasteiger partial charge in [0, 0.05) is 10.5 Å². The van der Waals surface area contributed by atoms with Crippen molar-refractivity contribution < 1.29 is 13.9 Å². The summed E-state index contributed by atoms with van der Waals surface area (Å²) in [4.78, 5) is 20.4. The summed E-state index contributed by atoms with van der Waals surface area (Å²) >= 11 is 4.76. The van der Waals surface area contributed by atoms with Crippen LogP contribution in [0, 0.1) is 5.82 Å². The van der Waals surface area contributed by atoms with E-state index in [1.165, 1.54) is 24.2 Å². The van der Waals surface area contributed by atoms with E-state index in [4.69, 9.17) is 4.74 Å². The maximum Gasteiger partial charge on any atom is 0.267 e. The topological polar surface area (TPSA) is 41.9 Å². The van der Waals surface area contributed by atoms with Gasteiger partial charge in [0.15, 0.2) is 5.17 Å². The summed E-state index contributed by atoms with van der Waals surface area (Å²) in [5.41, 5.74) is 2.24. The van der Waals surface area contributed by atoms with Crippen molar-refractivity contribution in [2.45, 2.75) is 44.8 Å². The molecule has 36 heavy (non-hydrogen) atoms. The van der Waals surface area contributed by atoms with E-state index in [-0.39, 0.29) is 17.6 Å². The van der Waals surface area contributed by atoms with Crippen LogP contribution in [0.5, 0.6) is 5.75 Å². The summed E-state index contributed by atoms with van der Waals surface area (Å²) in [6.45, 7) is 0.480. The highest BCUT2D eigenvalue weighted by Gasteiger charge is 2.38. The van der Waals surface area contributed by atoms with Gasteiger partial charge in [0.25, 0.3) is 5.91 Å².